The molecule has 0 radical (unpaired) electrons. The van der Waals surface area contributed by atoms with Crippen molar-refractivity contribution in [2.45, 2.75) is 161 Å². The first-order valence-corrected chi connectivity index (χ1v) is 21.9. The van der Waals surface area contributed by atoms with Gasteiger partial charge < -0.3 is 20.1 Å². The van der Waals surface area contributed by atoms with Gasteiger partial charge in [0, 0.05) is 19.4 Å². The zero-order valence-corrected chi connectivity index (χ0v) is 34.1. The number of allylic oxidation sites excluding steroid dienone is 12. The smallest absolute Gasteiger partial charge is 0.462 e. The first kappa shape index (κ1) is 50.5. The molecular formula is C43H74NO8P. The van der Waals surface area contributed by atoms with E-state index in [2.05, 4.69) is 86.8 Å². The molecule has 0 fully saturated rings. The van der Waals surface area contributed by atoms with E-state index >= 15 is 0 Å². The lowest BCUT2D eigenvalue weighted by molar-refractivity contribution is -0.161. The summed E-state index contributed by atoms with van der Waals surface area (Å²) in [6, 6.07) is 0. The molecule has 53 heavy (non-hydrogen) atoms. The molecule has 0 heterocycles. The molecule has 0 saturated heterocycles. The lowest BCUT2D eigenvalue weighted by Gasteiger charge is -2.19. The Balaban J connectivity index is 4.27. The van der Waals surface area contributed by atoms with Gasteiger partial charge in [0.2, 0.25) is 0 Å². The van der Waals surface area contributed by atoms with E-state index in [4.69, 9.17) is 24.3 Å². The number of carbonyl (C=O) groups is 2. The fourth-order valence-corrected chi connectivity index (χ4v) is 5.83. The molecule has 0 saturated carbocycles. The third kappa shape index (κ3) is 39.0. The van der Waals surface area contributed by atoms with Crippen molar-refractivity contribution in [1.82, 2.24) is 0 Å². The van der Waals surface area contributed by atoms with Gasteiger partial charge in [0.25, 0.3) is 0 Å². The average Bonchev–Trinajstić information content (AvgIpc) is 3.14. The lowest BCUT2D eigenvalue weighted by atomic mass is 10.1. The van der Waals surface area contributed by atoms with Crippen LogP contribution in [0.1, 0.15) is 155 Å². The van der Waals surface area contributed by atoms with Gasteiger partial charge in [0.15, 0.2) is 6.10 Å². The summed E-state index contributed by atoms with van der Waals surface area (Å²) in [5.41, 5.74) is 5.34. The minimum atomic E-state index is -4.39. The number of rotatable bonds is 37. The SMILES string of the molecule is CCC=CCC=CCC=CCCCCCCCC(=O)O[C@H](COC(=O)CCCCCCC=CCC=CCC=CCCCCC)COP(=O)(O)OCCN. The molecule has 3 N–H and O–H groups in total. The van der Waals surface area contributed by atoms with E-state index in [0.29, 0.717) is 12.8 Å². The zero-order valence-electron chi connectivity index (χ0n) is 33.2. The minimum Gasteiger partial charge on any atom is -0.462 e. The number of phosphoric ester groups is 1. The van der Waals surface area contributed by atoms with Crippen LogP contribution >= 0.6 is 7.82 Å². The van der Waals surface area contributed by atoms with Crippen molar-refractivity contribution >= 4 is 19.8 Å². The average molecular weight is 764 g/mol. The third-order valence-corrected chi connectivity index (χ3v) is 9.06. The fourth-order valence-electron chi connectivity index (χ4n) is 5.07. The maximum atomic E-state index is 12.5. The van der Waals surface area contributed by atoms with Crippen LogP contribution in [0.25, 0.3) is 0 Å². The minimum absolute atomic E-state index is 0.0432. The Bertz CT molecular complexity index is 1100. The Kier molecular flexibility index (Phi) is 37.3. The van der Waals surface area contributed by atoms with Crippen LogP contribution in [0, 0.1) is 0 Å². The second-order valence-electron chi connectivity index (χ2n) is 13.1. The van der Waals surface area contributed by atoms with Crippen LogP contribution in [0.2, 0.25) is 0 Å². The van der Waals surface area contributed by atoms with Crippen LogP contribution in [-0.2, 0) is 32.7 Å². The summed E-state index contributed by atoms with van der Waals surface area (Å²) in [6.45, 7) is 3.52. The largest absolute Gasteiger partial charge is 0.472 e. The maximum absolute atomic E-state index is 12.5. The van der Waals surface area contributed by atoms with Gasteiger partial charge in [0.1, 0.15) is 6.61 Å². The standard InChI is InChI=1S/C43H74NO8P/c1-3-5-7-9-11-13-15-17-19-20-22-23-25-27-29-31-33-35-42(45)49-39-41(40-51-53(47,48)50-38-37-44)52-43(46)36-34-32-30-28-26-24-21-18-16-14-12-10-8-6-4-2/h6,8,11-14,17-19,21-23,41H,3-5,7,9-10,15-16,20,24-40,44H2,1-2H3,(H,47,48)/t41-/m1/s1. The van der Waals surface area contributed by atoms with Gasteiger partial charge in [0.05, 0.1) is 13.2 Å². The molecule has 0 bridgehead atoms. The Hall–Kier alpha value is -2.55. The quantitative estimate of drug-likeness (QED) is 0.0274. The molecule has 9 nitrogen and oxygen atoms in total. The first-order valence-electron chi connectivity index (χ1n) is 20.4. The van der Waals surface area contributed by atoms with E-state index in [1.165, 1.54) is 25.7 Å². The number of unbranched alkanes of at least 4 members (excludes halogenated alkanes) is 12. The molecule has 1 unspecified atom stereocenters. The highest BCUT2D eigenvalue weighted by Crippen LogP contribution is 2.43. The van der Waals surface area contributed by atoms with E-state index in [-0.39, 0.29) is 32.6 Å². The summed E-state index contributed by atoms with van der Waals surface area (Å²) < 4.78 is 32.7. The van der Waals surface area contributed by atoms with Crippen LogP contribution in [0.3, 0.4) is 0 Å². The van der Waals surface area contributed by atoms with Gasteiger partial charge in [-0.05, 0) is 83.5 Å². The molecule has 0 rings (SSSR count). The molecule has 0 aromatic rings. The van der Waals surface area contributed by atoms with Crippen molar-refractivity contribution in [1.29, 1.82) is 0 Å². The number of phosphoric acid groups is 1. The third-order valence-electron chi connectivity index (χ3n) is 8.08. The monoisotopic (exact) mass is 764 g/mol. The number of hydrogen-bond acceptors (Lipinski definition) is 8. The molecular weight excluding hydrogens is 689 g/mol. The predicted molar refractivity (Wildman–Crippen MR) is 219 cm³/mol. The Morgan fingerprint density at radius 2 is 1.04 bits per heavy atom. The number of nitrogens with two attached hydrogens (primary N) is 1. The molecule has 0 aromatic carbocycles. The van der Waals surface area contributed by atoms with Gasteiger partial charge in [-0.25, -0.2) is 4.57 Å². The Morgan fingerprint density at radius 1 is 0.585 bits per heavy atom. The summed E-state index contributed by atoms with van der Waals surface area (Å²) in [5.74, 6) is -0.881. The molecule has 0 aliphatic rings. The summed E-state index contributed by atoms with van der Waals surface area (Å²) in [5, 5.41) is 0. The van der Waals surface area contributed by atoms with E-state index in [0.717, 1.165) is 89.9 Å². The Morgan fingerprint density at radius 3 is 1.55 bits per heavy atom. The number of esters is 2. The normalized spacial score (nSPS) is 14.1. The number of carbonyl (C=O) groups excluding carboxylic acids is 2. The van der Waals surface area contributed by atoms with Gasteiger partial charge in [-0.15, -0.1) is 0 Å². The van der Waals surface area contributed by atoms with Gasteiger partial charge in [-0.2, -0.15) is 0 Å². The van der Waals surface area contributed by atoms with E-state index in [1.54, 1.807) is 0 Å². The van der Waals surface area contributed by atoms with Crippen molar-refractivity contribution in [3.63, 3.8) is 0 Å². The van der Waals surface area contributed by atoms with Crippen LogP contribution in [0.4, 0.5) is 0 Å². The molecule has 0 aromatic heterocycles. The van der Waals surface area contributed by atoms with Gasteiger partial charge in [-0.3, -0.25) is 18.6 Å². The first-order chi connectivity index (χ1) is 25.8. The van der Waals surface area contributed by atoms with Crippen molar-refractivity contribution < 1.29 is 37.6 Å². The zero-order chi connectivity index (χ0) is 38.9. The second kappa shape index (κ2) is 39.2. The van der Waals surface area contributed by atoms with Gasteiger partial charge >= 0.3 is 19.8 Å². The highest BCUT2D eigenvalue weighted by molar-refractivity contribution is 7.47. The number of hydrogen-bond donors (Lipinski definition) is 2. The van der Waals surface area contributed by atoms with Crippen molar-refractivity contribution in [3.8, 4) is 0 Å². The summed E-state index contributed by atoms with van der Waals surface area (Å²) >= 11 is 0. The van der Waals surface area contributed by atoms with Crippen molar-refractivity contribution in [3.05, 3.63) is 72.9 Å². The highest BCUT2D eigenvalue weighted by Gasteiger charge is 2.25. The van der Waals surface area contributed by atoms with Gasteiger partial charge in [-0.1, -0.05) is 132 Å². The molecule has 2 atom stereocenters. The molecule has 304 valence electrons. The molecule has 0 amide bonds. The lowest BCUT2D eigenvalue weighted by Crippen LogP contribution is -2.29. The second-order valence-corrected chi connectivity index (χ2v) is 14.6. The summed E-state index contributed by atoms with van der Waals surface area (Å²) in [6.07, 6.45) is 46.4. The molecule has 0 aliphatic carbocycles. The Labute approximate surface area is 322 Å². The number of ether oxygens (including phenoxy) is 2. The maximum Gasteiger partial charge on any atom is 0.472 e. The fraction of sp³-hybridized carbons (Fsp3) is 0.674. The molecule has 0 aliphatic heterocycles. The van der Waals surface area contributed by atoms with Crippen molar-refractivity contribution in [2.24, 2.45) is 5.73 Å². The predicted octanol–water partition coefficient (Wildman–Crippen LogP) is 11.5. The summed E-state index contributed by atoms with van der Waals surface area (Å²) in [7, 11) is -4.39. The highest BCUT2D eigenvalue weighted by atomic mass is 31.2. The topological polar surface area (TPSA) is 134 Å². The summed E-state index contributed by atoms with van der Waals surface area (Å²) in [4.78, 5) is 34.8. The van der Waals surface area contributed by atoms with E-state index in [1.807, 2.05) is 0 Å². The molecule has 10 heteroatoms. The molecule has 0 spiro atoms. The van der Waals surface area contributed by atoms with Crippen LogP contribution in [0.5, 0.6) is 0 Å². The van der Waals surface area contributed by atoms with Crippen molar-refractivity contribution in [2.75, 3.05) is 26.4 Å². The van der Waals surface area contributed by atoms with E-state index in [9.17, 15) is 19.0 Å². The van der Waals surface area contributed by atoms with Crippen LogP contribution in [0.15, 0.2) is 72.9 Å². The van der Waals surface area contributed by atoms with E-state index < -0.39 is 32.5 Å². The van der Waals surface area contributed by atoms with Crippen LogP contribution in [-0.4, -0.2) is 49.3 Å². The van der Waals surface area contributed by atoms with Crippen LogP contribution < -0.4 is 5.73 Å².